The fraction of sp³-hybridized carbons (Fsp3) is 0.429. The van der Waals surface area contributed by atoms with Gasteiger partial charge >= 0.3 is 0 Å². The van der Waals surface area contributed by atoms with Gasteiger partial charge in [-0.25, -0.2) is 0 Å². The minimum atomic E-state index is -0.589. The van der Waals surface area contributed by atoms with Crippen LogP contribution in [0.4, 0.5) is 5.69 Å². The molecule has 1 aromatic rings. The van der Waals surface area contributed by atoms with Gasteiger partial charge in [0, 0.05) is 12.2 Å². The maximum atomic E-state index is 11.9. The standard InChI is InChI=1S/C14H19N3O2/c1-14(2,15-3)13(19)16-8-9-4-5-11-10(6-9)7-12(18)17-11/h4-6,15H,7-8H2,1-3H3,(H,16,19)(H,17,18). The highest BCUT2D eigenvalue weighted by Gasteiger charge is 2.24. The fourth-order valence-corrected chi connectivity index (χ4v) is 1.91. The molecule has 1 aliphatic heterocycles. The molecule has 0 bridgehead atoms. The van der Waals surface area contributed by atoms with Gasteiger partial charge < -0.3 is 16.0 Å². The maximum Gasteiger partial charge on any atom is 0.239 e. The second-order valence-corrected chi connectivity index (χ2v) is 5.27. The Bertz CT molecular complexity index is 523. The number of likely N-dealkylation sites (N-methyl/N-ethyl adjacent to an activating group) is 1. The lowest BCUT2D eigenvalue weighted by atomic mass is 10.0. The number of rotatable bonds is 4. The summed E-state index contributed by atoms with van der Waals surface area (Å²) in [4.78, 5) is 23.2. The highest BCUT2D eigenvalue weighted by Crippen LogP contribution is 2.23. The second-order valence-electron chi connectivity index (χ2n) is 5.27. The van der Waals surface area contributed by atoms with Crippen LogP contribution in [0.5, 0.6) is 0 Å². The van der Waals surface area contributed by atoms with Gasteiger partial charge in [0.05, 0.1) is 12.0 Å². The van der Waals surface area contributed by atoms with E-state index < -0.39 is 5.54 Å². The van der Waals surface area contributed by atoms with Crippen molar-refractivity contribution in [2.75, 3.05) is 12.4 Å². The molecule has 0 fully saturated rings. The number of carbonyl (C=O) groups excluding carboxylic acids is 2. The zero-order valence-electron chi connectivity index (χ0n) is 11.5. The predicted molar refractivity (Wildman–Crippen MR) is 73.8 cm³/mol. The summed E-state index contributed by atoms with van der Waals surface area (Å²) in [5, 5.41) is 8.63. The number of hydrogen-bond acceptors (Lipinski definition) is 3. The lowest BCUT2D eigenvalue weighted by Crippen LogP contribution is -2.50. The van der Waals surface area contributed by atoms with E-state index in [1.807, 2.05) is 32.0 Å². The summed E-state index contributed by atoms with van der Waals surface area (Å²) >= 11 is 0. The molecule has 2 amide bonds. The van der Waals surface area contributed by atoms with Gasteiger partial charge in [0.2, 0.25) is 11.8 Å². The molecule has 1 heterocycles. The first-order valence-electron chi connectivity index (χ1n) is 6.31. The summed E-state index contributed by atoms with van der Waals surface area (Å²) in [6.45, 7) is 4.12. The summed E-state index contributed by atoms with van der Waals surface area (Å²) < 4.78 is 0. The summed E-state index contributed by atoms with van der Waals surface area (Å²) in [5.74, 6) is -0.0304. The van der Waals surface area contributed by atoms with Crippen molar-refractivity contribution in [1.29, 1.82) is 0 Å². The van der Waals surface area contributed by atoms with Crippen molar-refractivity contribution in [3.8, 4) is 0 Å². The van der Waals surface area contributed by atoms with Crippen molar-refractivity contribution in [2.45, 2.75) is 32.4 Å². The molecule has 0 spiro atoms. The summed E-state index contributed by atoms with van der Waals surface area (Å²) in [6.07, 6.45) is 0.416. The molecule has 0 aromatic heterocycles. The molecule has 5 nitrogen and oxygen atoms in total. The Kier molecular flexibility index (Phi) is 3.57. The van der Waals surface area contributed by atoms with E-state index in [0.717, 1.165) is 16.8 Å². The summed E-state index contributed by atoms with van der Waals surface area (Å²) in [7, 11) is 1.76. The van der Waals surface area contributed by atoms with E-state index in [2.05, 4.69) is 16.0 Å². The molecule has 5 heteroatoms. The molecule has 102 valence electrons. The van der Waals surface area contributed by atoms with Crippen LogP contribution in [0.1, 0.15) is 25.0 Å². The second kappa shape index (κ2) is 5.01. The zero-order valence-corrected chi connectivity index (χ0v) is 11.5. The minimum Gasteiger partial charge on any atom is -0.350 e. The number of amides is 2. The van der Waals surface area contributed by atoms with Crippen molar-refractivity contribution in [1.82, 2.24) is 10.6 Å². The van der Waals surface area contributed by atoms with E-state index in [0.29, 0.717) is 13.0 Å². The Hall–Kier alpha value is -1.88. The van der Waals surface area contributed by atoms with E-state index in [9.17, 15) is 9.59 Å². The fourth-order valence-electron chi connectivity index (χ4n) is 1.91. The Balaban J connectivity index is 2.00. The third-order valence-corrected chi connectivity index (χ3v) is 3.44. The van der Waals surface area contributed by atoms with Gasteiger partial charge in [-0.3, -0.25) is 9.59 Å². The third-order valence-electron chi connectivity index (χ3n) is 3.44. The normalized spacial score (nSPS) is 13.9. The van der Waals surface area contributed by atoms with Crippen LogP contribution in [-0.4, -0.2) is 24.4 Å². The number of anilines is 1. The van der Waals surface area contributed by atoms with Gasteiger partial charge in [0.15, 0.2) is 0 Å². The van der Waals surface area contributed by atoms with Gasteiger partial charge in [0.25, 0.3) is 0 Å². The average molecular weight is 261 g/mol. The van der Waals surface area contributed by atoms with Gasteiger partial charge in [0.1, 0.15) is 0 Å². The van der Waals surface area contributed by atoms with Crippen LogP contribution >= 0.6 is 0 Å². The molecule has 0 saturated heterocycles. The molecule has 1 aliphatic rings. The molecule has 1 aromatic carbocycles. The lowest BCUT2D eigenvalue weighted by molar-refractivity contribution is -0.126. The molecule has 0 saturated carbocycles. The summed E-state index contributed by atoms with van der Waals surface area (Å²) in [5.41, 5.74) is 2.27. The maximum absolute atomic E-state index is 11.9. The number of benzene rings is 1. The molecular weight excluding hydrogens is 242 g/mol. The summed E-state index contributed by atoms with van der Waals surface area (Å²) in [6, 6.07) is 5.75. The van der Waals surface area contributed by atoms with E-state index in [1.54, 1.807) is 7.05 Å². The monoisotopic (exact) mass is 261 g/mol. The molecule has 0 radical (unpaired) electrons. The van der Waals surface area contributed by atoms with Crippen LogP contribution in [0.2, 0.25) is 0 Å². The van der Waals surface area contributed by atoms with Gasteiger partial charge in [-0.2, -0.15) is 0 Å². The van der Waals surface area contributed by atoms with Crippen molar-refractivity contribution < 1.29 is 9.59 Å². The topological polar surface area (TPSA) is 70.2 Å². The lowest BCUT2D eigenvalue weighted by Gasteiger charge is -2.22. The first-order chi connectivity index (χ1) is 8.92. The van der Waals surface area contributed by atoms with Crippen molar-refractivity contribution >= 4 is 17.5 Å². The predicted octanol–water partition coefficient (Wildman–Crippen LogP) is 0.795. The van der Waals surface area contributed by atoms with Gasteiger partial charge in [-0.1, -0.05) is 12.1 Å². The van der Waals surface area contributed by atoms with Crippen LogP contribution < -0.4 is 16.0 Å². The molecule has 0 atom stereocenters. The molecule has 3 N–H and O–H groups in total. The quantitative estimate of drug-likeness (QED) is 0.750. The van der Waals surface area contributed by atoms with Crippen LogP contribution in [-0.2, 0) is 22.6 Å². The highest BCUT2D eigenvalue weighted by molar-refractivity contribution is 5.99. The Morgan fingerprint density at radius 2 is 2.16 bits per heavy atom. The number of hydrogen-bond donors (Lipinski definition) is 3. The molecule has 2 rings (SSSR count). The van der Waals surface area contributed by atoms with Gasteiger partial charge in [-0.15, -0.1) is 0 Å². The van der Waals surface area contributed by atoms with E-state index in [-0.39, 0.29) is 11.8 Å². The Morgan fingerprint density at radius 3 is 2.84 bits per heavy atom. The SMILES string of the molecule is CNC(C)(C)C(=O)NCc1ccc2c(c1)CC(=O)N2. The van der Waals surface area contributed by atoms with Crippen molar-refractivity contribution in [3.05, 3.63) is 29.3 Å². The van der Waals surface area contributed by atoms with Crippen molar-refractivity contribution in [3.63, 3.8) is 0 Å². The third kappa shape index (κ3) is 2.93. The van der Waals surface area contributed by atoms with Crippen LogP contribution in [0.15, 0.2) is 18.2 Å². The number of fused-ring (bicyclic) bond motifs is 1. The Morgan fingerprint density at radius 1 is 1.42 bits per heavy atom. The van der Waals surface area contributed by atoms with Crippen molar-refractivity contribution in [2.24, 2.45) is 0 Å². The number of nitrogens with one attached hydrogen (secondary N) is 3. The molecular formula is C14H19N3O2. The van der Waals surface area contributed by atoms with Crippen LogP contribution in [0.3, 0.4) is 0 Å². The van der Waals surface area contributed by atoms with E-state index in [4.69, 9.17) is 0 Å². The molecule has 19 heavy (non-hydrogen) atoms. The molecule has 0 unspecified atom stereocenters. The van der Waals surface area contributed by atoms with Gasteiger partial charge in [-0.05, 0) is 38.1 Å². The zero-order chi connectivity index (χ0) is 14.0. The van der Waals surface area contributed by atoms with E-state index >= 15 is 0 Å². The van der Waals surface area contributed by atoms with Crippen LogP contribution in [0, 0.1) is 0 Å². The Labute approximate surface area is 112 Å². The average Bonchev–Trinajstić information content (AvgIpc) is 2.74. The first-order valence-corrected chi connectivity index (χ1v) is 6.31. The highest BCUT2D eigenvalue weighted by atomic mass is 16.2. The first kappa shape index (κ1) is 13.5. The smallest absolute Gasteiger partial charge is 0.239 e. The number of carbonyl (C=O) groups is 2. The largest absolute Gasteiger partial charge is 0.350 e. The van der Waals surface area contributed by atoms with Crippen LogP contribution in [0.25, 0.3) is 0 Å². The van der Waals surface area contributed by atoms with E-state index in [1.165, 1.54) is 0 Å². The molecule has 0 aliphatic carbocycles. The minimum absolute atomic E-state index is 0.0208.